The van der Waals surface area contributed by atoms with Crippen molar-refractivity contribution in [2.45, 2.75) is 58.0 Å². The minimum atomic E-state index is -2.95. The molecule has 0 aliphatic rings. The molecule has 12 heavy (non-hydrogen) atoms. The van der Waals surface area contributed by atoms with Crippen molar-refractivity contribution < 1.29 is 13.9 Å². The van der Waals surface area contributed by atoms with Crippen LogP contribution in [0.25, 0.3) is 0 Å². The van der Waals surface area contributed by atoms with E-state index in [-0.39, 0.29) is 12.8 Å². The zero-order valence-electron chi connectivity index (χ0n) is 8.03. The maximum absolute atomic E-state index is 13.1. The van der Waals surface area contributed by atoms with E-state index in [1.54, 1.807) is 6.92 Å². The molecule has 0 aromatic rings. The first-order valence-electron chi connectivity index (χ1n) is 4.47. The van der Waals surface area contributed by atoms with Crippen molar-refractivity contribution in [3.8, 4) is 0 Å². The zero-order chi connectivity index (χ0) is 9.83. The maximum Gasteiger partial charge on any atom is 0.275 e. The number of rotatable bonds is 5. The van der Waals surface area contributed by atoms with Crippen molar-refractivity contribution in [3.63, 3.8) is 0 Å². The number of hydrogen-bond acceptors (Lipinski definition) is 1. The lowest BCUT2D eigenvalue weighted by Gasteiger charge is -2.31. The Morgan fingerprint density at radius 1 is 1.25 bits per heavy atom. The van der Waals surface area contributed by atoms with E-state index in [4.69, 9.17) is 0 Å². The van der Waals surface area contributed by atoms with Crippen LogP contribution in [0, 0.1) is 0 Å². The molecule has 0 saturated carbocycles. The zero-order valence-corrected chi connectivity index (χ0v) is 8.03. The summed E-state index contributed by atoms with van der Waals surface area (Å²) in [5.41, 5.74) is -1.85. The number of hydrogen-bond donors (Lipinski definition) is 1. The predicted octanol–water partition coefficient (Wildman–Crippen LogP) is 2.97. The Labute approximate surface area is 72.8 Å². The van der Waals surface area contributed by atoms with Crippen LogP contribution in [0.3, 0.4) is 0 Å². The van der Waals surface area contributed by atoms with E-state index < -0.39 is 11.5 Å². The number of aliphatic hydroxyl groups is 1. The molecule has 1 atom stereocenters. The van der Waals surface area contributed by atoms with Gasteiger partial charge in [0, 0.05) is 6.42 Å². The molecule has 0 aromatic carbocycles. The molecule has 0 fully saturated rings. The molecule has 1 unspecified atom stereocenters. The fourth-order valence-electron chi connectivity index (χ4n) is 0.927. The van der Waals surface area contributed by atoms with Gasteiger partial charge in [-0.25, -0.2) is 8.78 Å². The van der Waals surface area contributed by atoms with E-state index in [1.165, 1.54) is 6.92 Å². The van der Waals surface area contributed by atoms with Crippen LogP contribution in [-0.2, 0) is 0 Å². The standard InChI is InChI=1S/C9H18F2O/c1-4-6-7-9(10,11)8(3,12)5-2/h12H,4-7H2,1-3H3. The van der Waals surface area contributed by atoms with Crippen LogP contribution in [-0.4, -0.2) is 16.6 Å². The Bertz CT molecular complexity index is 132. The van der Waals surface area contributed by atoms with Gasteiger partial charge in [0.05, 0.1) is 0 Å². The Hall–Kier alpha value is -0.180. The average molecular weight is 180 g/mol. The summed E-state index contributed by atoms with van der Waals surface area (Å²) in [5, 5.41) is 9.33. The average Bonchev–Trinajstić information content (AvgIpc) is 2.00. The van der Waals surface area contributed by atoms with Crippen molar-refractivity contribution in [1.82, 2.24) is 0 Å². The van der Waals surface area contributed by atoms with Gasteiger partial charge in [0.25, 0.3) is 5.92 Å². The SMILES string of the molecule is CCCCC(F)(F)C(C)(O)CC. The fraction of sp³-hybridized carbons (Fsp3) is 1.00. The normalized spacial score (nSPS) is 17.5. The van der Waals surface area contributed by atoms with Crippen molar-refractivity contribution in [2.75, 3.05) is 0 Å². The lowest BCUT2D eigenvalue weighted by Crippen LogP contribution is -2.44. The Balaban J connectivity index is 4.17. The van der Waals surface area contributed by atoms with E-state index in [0.29, 0.717) is 6.42 Å². The molecule has 0 bridgehead atoms. The van der Waals surface area contributed by atoms with Crippen molar-refractivity contribution >= 4 is 0 Å². The molecule has 0 rings (SSSR count). The third-order valence-corrected chi connectivity index (χ3v) is 2.32. The highest BCUT2D eigenvalue weighted by Gasteiger charge is 2.46. The lowest BCUT2D eigenvalue weighted by molar-refractivity contribution is -0.177. The Kier molecular flexibility index (Phi) is 4.11. The second-order valence-corrected chi connectivity index (χ2v) is 3.44. The summed E-state index contributed by atoms with van der Waals surface area (Å²) in [6, 6.07) is 0. The molecule has 0 aromatic heterocycles. The fourth-order valence-corrected chi connectivity index (χ4v) is 0.927. The van der Waals surface area contributed by atoms with Gasteiger partial charge < -0.3 is 5.11 Å². The Morgan fingerprint density at radius 3 is 2.08 bits per heavy atom. The van der Waals surface area contributed by atoms with Crippen LogP contribution in [0.4, 0.5) is 8.78 Å². The molecule has 0 heterocycles. The van der Waals surface area contributed by atoms with Gasteiger partial charge in [-0.05, 0) is 19.8 Å². The van der Waals surface area contributed by atoms with Crippen LogP contribution in [0.15, 0.2) is 0 Å². The Morgan fingerprint density at radius 2 is 1.75 bits per heavy atom. The molecule has 1 nitrogen and oxygen atoms in total. The summed E-state index contributed by atoms with van der Waals surface area (Å²) in [6.07, 6.45) is 1.06. The van der Waals surface area contributed by atoms with Crippen LogP contribution < -0.4 is 0 Å². The number of unbranched alkanes of at least 4 members (excludes halogenated alkanes) is 1. The third kappa shape index (κ3) is 2.70. The van der Waals surface area contributed by atoms with Crippen molar-refractivity contribution in [1.29, 1.82) is 0 Å². The highest BCUT2D eigenvalue weighted by molar-refractivity contribution is 4.87. The summed E-state index contributed by atoms with van der Waals surface area (Å²) in [6.45, 7) is 4.62. The second kappa shape index (κ2) is 4.17. The summed E-state index contributed by atoms with van der Waals surface area (Å²) < 4.78 is 26.3. The lowest BCUT2D eigenvalue weighted by atomic mass is 9.91. The summed E-state index contributed by atoms with van der Waals surface area (Å²) in [7, 11) is 0. The van der Waals surface area contributed by atoms with E-state index in [2.05, 4.69) is 0 Å². The molecule has 74 valence electrons. The van der Waals surface area contributed by atoms with Crippen LogP contribution in [0.1, 0.15) is 46.5 Å². The van der Waals surface area contributed by atoms with E-state index in [1.807, 2.05) is 6.92 Å². The molecule has 0 radical (unpaired) electrons. The van der Waals surface area contributed by atoms with Gasteiger partial charge in [0.1, 0.15) is 5.60 Å². The first-order valence-corrected chi connectivity index (χ1v) is 4.47. The summed E-state index contributed by atoms with van der Waals surface area (Å²) in [4.78, 5) is 0. The third-order valence-electron chi connectivity index (χ3n) is 2.32. The van der Waals surface area contributed by atoms with Crippen LogP contribution in [0.5, 0.6) is 0 Å². The molecule has 0 amide bonds. The van der Waals surface area contributed by atoms with Gasteiger partial charge >= 0.3 is 0 Å². The molecule has 0 aliphatic carbocycles. The summed E-state index contributed by atoms with van der Waals surface area (Å²) >= 11 is 0. The quantitative estimate of drug-likeness (QED) is 0.689. The molecule has 0 spiro atoms. The van der Waals surface area contributed by atoms with Gasteiger partial charge in [-0.3, -0.25) is 0 Å². The molecular formula is C9H18F2O. The van der Waals surface area contributed by atoms with Crippen LogP contribution >= 0.6 is 0 Å². The summed E-state index contributed by atoms with van der Waals surface area (Å²) in [5.74, 6) is -2.95. The smallest absolute Gasteiger partial charge is 0.275 e. The molecule has 0 aliphatic heterocycles. The highest BCUT2D eigenvalue weighted by atomic mass is 19.3. The van der Waals surface area contributed by atoms with Gasteiger partial charge in [-0.1, -0.05) is 20.3 Å². The van der Waals surface area contributed by atoms with Crippen molar-refractivity contribution in [3.05, 3.63) is 0 Å². The van der Waals surface area contributed by atoms with E-state index in [0.717, 1.165) is 6.42 Å². The van der Waals surface area contributed by atoms with E-state index in [9.17, 15) is 13.9 Å². The maximum atomic E-state index is 13.1. The van der Waals surface area contributed by atoms with Gasteiger partial charge in [-0.15, -0.1) is 0 Å². The first-order chi connectivity index (χ1) is 5.37. The predicted molar refractivity (Wildman–Crippen MR) is 45.4 cm³/mol. The number of alkyl halides is 2. The van der Waals surface area contributed by atoms with Crippen molar-refractivity contribution in [2.24, 2.45) is 0 Å². The first kappa shape index (κ1) is 11.8. The van der Waals surface area contributed by atoms with Gasteiger partial charge in [0.15, 0.2) is 0 Å². The van der Waals surface area contributed by atoms with Crippen LogP contribution in [0.2, 0.25) is 0 Å². The van der Waals surface area contributed by atoms with E-state index >= 15 is 0 Å². The minimum absolute atomic E-state index is 0.0870. The monoisotopic (exact) mass is 180 g/mol. The molecule has 3 heteroatoms. The number of halogens is 2. The van der Waals surface area contributed by atoms with Gasteiger partial charge in [-0.2, -0.15) is 0 Å². The topological polar surface area (TPSA) is 20.2 Å². The second-order valence-electron chi connectivity index (χ2n) is 3.44. The molecule has 0 saturated heterocycles. The molecular weight excluding hydrogens is 162 g/mol. The minimum Gasteiger partial charge on any atom is -0.384 e. The highest BCUT2D eigenvalue weighted by Crippen LogP contribution is 2.35. The van der Waals surface area contributed by atoms with Gasteiger partial charge in [0.2, 0.25) is 0 Å². The molecule has 1 N–H and O–H groups in total. The largest absolute Gasteiger partial charge is 0.384 e.